The van der Waals surface area contributed by atoms with E-state index in [1.54, 1.807) is 36.7 Å². The molecule has 1 aromatic heterocycles. The van der Waals surface area contributed by atoms with Crippen LogP contribution in [0, 0.1) is 17.2 Å². The van der Waals surface area contributed by atoms with Crippen molar-refractivity contribution in [2.75, 3.05) is 11.9 Å². The topological polar surface area (TPSA) is 113 Å². The Morgan fingerprint density at radius 3 is 2.63 bits per heavy atom. The van der Waals surface area contributed by atoms with Crippen molar-refractivity contribution in [3.8, 4) is 6.07 Å². The third-order valence-electron chi connectivity index (χ3n) is 5.71. The SMILES string of the molecule is N#Cc1cccc(N=C(C=C(N)C(F)(F)F)C(=O)Nc2cccc(C(OCC3CC3)c3cccnc3)c2)c1. The van der Waals surface area contributed by atoms with Crippen LogP contribution in [0.5, 0.6) is 0 Å². The molecule has 1 saturated carbocycles. The van der Waals surface area contributed by atoms with Crippen molar-refractivity contribution in [1.29, 1.82) is 5.26 Å². The number of alkyl halides is 3. The lowest BCUT2D eigenvalue weighted by molar-refractivity contribution is -0.110. The molecule has 0 aliphatic heterocycles. The van der Waals surface area contributed by atoms with Crippen molar-refractivity contribution < 1.29 is 22.7 Å². The van der Waals surface area contributed by atoms with E-state index in [1.165, 1.54) is 24.3 Å². The molecule has 4 rings (SSSR count). The molecule has 3 N–H and O–H groups in total. The van der Waals surface area contributed by atoms with Gasteiger partial charge in [0.25, 0.3) is 5.91 Å². The van der Waals surface area contributed by atoms with Gasteiger partial charge >= 0.3 is 6.18 Å². The molecular weight excluding hydrogens is 495 g/mol. The van der Waals surface area contributed by atoms with Gasteiger partial charge in [0, 0.05) is 23.6 Å². The van der Waals surface area contributed by atoms with E-state index in [0.29, 0.717) is 24.3 Å². The average molecular weight is 520 g/mol. The Balaban J connectivity index is 1.63. The first-order valence-corrected chi connectivity index (χ1v) is 11.8. The van der Waals surface area contributed by atoms with Crippen molar-refractivity contribution in [2.45, 2.75) is 25.1 Å². The van der Waals surface area contributed by atoms with Gasteiger partial charge in [0.05, 0.1) is 23.9 Å². The maximum absolute atomic E-state index is 13.2. The highest BCUT2D eigenvalue weighted by Crippen LogP contribution is 2.34. The Morgan fingerprint density at radius 1 is 1.18 bits per heavy atom. The molecule has 1 heterocycles. The zero-order valence-corrected chi connectivity index (χ0v) is 20.2. The van der Waals surface area contributed by atoms with E-state index < -0.39 is 29.6 Å². The number of carbonyl (C=O) groups is 1. The molecule has 0 saturated heterocycles. The van der Waals surface area contributed by atoms with Gasteiger partial charge < -0.3 is 15.8 Å². The molecule has 1 aliphatic carbocycles. The number of pyridine rings is 1. The number of carbonyl (C=O) groups excluding carboxylic acids is 1. The number of allylic oxidation sites excluding steroid dienone is 1. The minimum Gasteiger partial charge on any atom is -0.395 e. The summed E-state index contributed by atoms with van der Waals surface area (Å²) >= 11 is 0. The third kappa shape index (κ3) is 7.27. The lowest BCUT2D eigenvalue weighted by Gasteiger charge is -2.19. The quantitative estimate of drug-likeness (QED) is 0.358. The molecule has 10 heteroatoms. The second kappa shape index (κ2) is 11.7. The number of anilines is 1. The van der Waals surface area contributed by atoms with E-state index in [0.717, 1.165) is 24.0 Å². The number of nitrogens with zero attached hydrogens (tertiary/aromatic N) is 3. The number of nitriles is 1. The number of aromatic nitrogens is 1. The molecule has 0 spiro atoms. The van der Waals surface area contributed by atoms with Gasteiger partial charge in [-0.25, -0.2) is 4.99 Å². The zero-order valence-electron chi connectivity index (χ0n) is 20.2. The van der Waals surface area contributed by atoms with Gasteiger partial charge in [-0.05, 0) is 66.8 Å². The summed E-state index contributed by atoms with van der Waals surface area (Å²) in [6, 6.07) is 18.3. The molecule has 0 radical (unpaired) electrons. The molecule has 1 aliphatic rings. The maximum atomic E-state index is 13.2. The molecule has 2 aromatic carbocycles. The highest BCUT2D eigenvalue weighted by molar-refractivity contribution is 6.47. The lowest BCUT2D eigenvalue weighted by atomic mass is 10.0. The Morgan fingerprint density at radius 2 is 1.95 bits per heavy atom. The number of halogens is 3. The minimum absolute atomic E-state index is 0.124. The second-order valence-corrected chi connectivity index (χ2v) is 8.78. The van der Waals surface area contributed by atoms with Crippen LogP contribution in [0.4, 0.5) is 24.5 Å². The van der Waals surface area contributed by atoms with Gasteiger partial charge in [0.15, 0.2) is 0 Å². The summed E-state index contributed by atoms with van der Waals surface area (Å²) in [5.74, 6) is -0.394. The van der Waals surface area contributed by atoms with Gasteiger partial charge in [-0.15, -0.1) is 0 Å². The normalized spacial score (nSPS) is 15.0. The van der Waals surface area contributed by atoms with Crippen LogP contribution in [-0.4, -0.2) is 29.4 Å². The number of amides is 1. The maximum Gasteiger partial charge on any atom is 0.430 e. The van der Waals surface area contributed by atoms with Crippen LogP contribution < -0.4 is 11.1 Å². The molecule has 0 bridgehead atoms. The summed E-state index contributed by atoms with van der Waals surface area (Å²) in [6.45, 7) is 0.580. The summed E-state index contributed by atoms with van der Waals surface area (Å²) in [4.78, 5) is 21.3. The minimum atomic E-state index is -4.86. The van der Waals surface area contributed by atoms with Crippen LogP contribution in [-0.2, 0) is 9.53 Å². The number of nitrogens with two attached hydrogens (primary N) is 1. The Labute approximate surface area is 217 Å². The second-order valence-electron chi connectivity index (χ2n) is 8.78. The third-order valence-corrected chi connectivity index (χ3v) is 5.71. The fraction of sp³-hybridized carbons (Fsp3) is 0.214. The van der Waals surface area contributed by atoms with E-state index in [4.69, 9.17) is 15.7 Å². The van der Waals surface area contributed by atoms with Crippen LogP contribution in [0.3, 0.4) is 0 Å². The number of nitrogens with one attached hydrogen (secondary N) is 1. The Kier molecular flexibility index (Phi) is 8.19. The van der Waals surface area contributed by atoms with Crippen LogP contribution in [0.1, 0.15) is 35.6 Å². The number of rotatable bonds is 9. The van der Waals surface area contributed by atoms with Crippen LogP contribution in [0.15, 0.2) is 89.8 Å². The smallest absolute Gasteiger partial charge is 0.395 e. The fourth-order valence-electron chi connectivity index (χ4n) is 3.57. The number of ether oxygens (including phenoxy) is 1. The molecule has 1 fully saturated rings. The molecule has 1 unspecified atom stereocenters. The van der Waals surface area contributed by atoms with Crippen LogP contribution in [0.25, 0.3) is 0 Å². The molecule has 1 atom stereocenters. The van der Waals surface area contributed by atoms with E-state index >= 15 is 0 Å². The van der Waals surface area contributed by atoms with Gasteiger partial charge in [0.1, 0.15) is 17.5 Å². The largest absolute Gasteiger partial charge is 0.430 e. The highest BCUT2D eigenvalue weighted by atomic mass is 19.4. The van der Waals surface area contributed by atoms with Crippen molar-refractivity contribution in [3.05, 3.63) is 102 Å². The predicted octanol–water partition coefficient (Wildman–Crippen LogP) is 5.59. The van der Waals surface area contributed by atoms with Crippen molar-refractivity contribution in [2.24, 2.45) is 16.6 Å². The molecule has 194 valence electrons. The van der Waals surface area contributed by atoms with E-state index in [-0.39, 0.29) is 11.3 Å². The highest BCUT2D eigenvalue weighted by Gasteiger charge is 2.32. The van der Waals surface area contributed by atoms with Crippen molar-refractivity contribution in [3.63, 3.8) is 0 Å². The van der Waals surface area contributed by atoms with Gasteiger partial charge in [-0.2, -0.15) is 18.4 Å². The first-order valence-electron chi connectivity index (χ1n) is 11.8. The number of hydrogen-bond acceptors (Lipinski definition) is 6. The number of hydrogen-bond donors (Lipinski definition) is 2. The number of benzene rings is 2. The Bertz CT molecular complexity index is 1390. The van der Waals surface area contributed by atoms with Crippen molar-refractivity contribution in [1.82, 2.24) is 4.98 Å². The summed E-state index contributed by atoms with van der Waals surface area (Å²) < 4.78 is 45.6. The summed E-state index contributed by atoms with van der Waals surface area (Å²) in [5, 5.41) is 11.7. The first kappa shape index (κ1) is 26.6. The van der Waals surface area contributed by atoms with E-state index in [2.05, 4.69) is 15.3 Å². The fourth-order valence-corrected chi connectivity index (χ4v) is 3.57. The predicted molar refractivity (Wildman–Crippen MR) is 136 cm³/mol. The molecular formula is C28H24F3N5O2. The van der Waals surface area contributed by atoms with Crippen LogP contribution in [0.2, 0.25) is 0 Å². The zero-order chi connectivity index (χ0) is 27.1. The molecule has 38 heavy (non-hydrogen) atoms. The lowest BCUT2D eigenvalue weighted by Crippen LogP contribution is -2.26. The summed E-state index contributed by atoms with van der Waals surface area (Å²) in [6.07, 6.45) is 0.761. The molecule has 1 amide bonds. The summed E-state index contributed by atoms with van der Waals surface area (Å²) in [5.41, 5.74) is 5.38. The standard InChI is InChI=1S/C28H24F3N5O2/c29-28(30,31)25(33)14-24(35-22-7-1-4-19(12-22)15-32)27(37)36-23-8-2-5-20(13-23)26(38-17-18-9-10-18)21-6-3-11-34-16-21/h1-8,11-14,16,18,26H,9-10,17,33H2,(H,36,37). The van der Waals surface area contributed by atoms with E-state index in [1.807, 2.05) is 18.2 Å². The van der Waals surface area contributed by atoms with Gasteiger partial charge in [-0.1, -0.05) is 24.3 Å². The van der Waals surface area contributed by atoms with E-state index in [9.17, 15) is 18.0 Å². The summed E-state index contributed by atoms with van der Waals surface area (Å²) in [7, 11) is 0. The van der Waals surface area contributed by atoms with Crippen LogP contribution >= 0.6 is 0 Å². The monoisotopic (exact) mass is 519 g/mol. The average Bonchev–Trinajstić information content (AvgIpc) is 3.73. The van der Waals surface area contributed by atoms with Gasteiger partial charge in [-0.3, -0.25) is 9.78 Å². The molecule has 3 aromatic rings. The van der Waals surface area contributed by atoms with Gasteiger partial charge in [0.2, 0.25) is 0 Å². The van der Waals surface area contributed by atoms with Crippen molar-refractivity contribution >= 4 is 23.0 Å². The number of aliphatic imine (C=N–C) groups is 1. The first-order chi connectivity index (χ1) is 18.2. The molecule has 7 nitrogen and oxygen atoms in total. The Hall–Kier alpha value is -4.49.